The van der Waals surface area contributed by atoms with Gasteiger partial charge in [-0.15, -0.1) is 11.3 Å². The molecule has 0 atom stereocenters. The Bertz CT molecular complexity index is 343. The number of hydrogen-bond donors (Lipinski definition) is 1. The Morgan fingerprint density at radius 1 is 1.44 bits per heavy atom. The molecule has 2 rings (SSSR count). The minimum absolute atomic E-state index is 0.258. The maximum absolute atomic E-state index is 3.54. The predicted octanol–water partition coefficient (Wildman–Crippen LogP) is 2.69. The summed E-state index contributed by atoms with van der Waals surface area (Å²) in [5.41, 5.74) is 0.258. The van der Waals surface area contributed by atoms with E-state index in [0.29, 0.717) is 0 Å². The van der Waals surface area contributed by atoms with Gasteiger partial charge in [0.05, 0.1) is 0 Å². The Balaban J connectivity index is 2.01. The zero-order valence-electron chi connectivity index (χ0n) is 9.92. The highest BCUT2D eigenvalue weighted by atomic mass is 79.9. The summed E-state index contributed by atoms with van der Waals surface area (Å²) in [6.45, 7) is 10.4. The van der Waals surface area contributed by atoms with Crippen LogP contribution >= 0.6 is 27.3 Å². The second-order valence-corrected chi connectivity index (χ2v) is 6.87. The van der Waals surface area contributed by atoms with Crippen LogP contribution in [0.25, 0.3) is 0 Å². The lowest BCUT2D eigenvalue weighted by Gasteiger charge is -2.34. The molecule has 0 radical (unpaired) electrons. The van der Waals surface area contributed by atoms with Gasteiger partial charge in [0.15, 0.2) is 0 Å². The SMILES string of the molecule is CC(C)(CN1CCNCC1)c1cc(Br)cs1. The van der Waals surface area contributed by atoms with Crippen molar-refractivity contribution < 1.29 is 0 Å². The standard InChI is InChI=1S/C12H19BrN2S/c1-12(2,11-7-10(13)8-16-11)9-15-5-3-14-4-6-15/h7-8,14H,3-6,9H2,1-2H3. The fourth-order valence-corrected chi connectivity index (χ4v) is 3.72. The lowest BCUT2D eigenvalue weighted by molar-refractivity contribution is 0.201. The van der Waals surface area contributed by atoms with Gasteiger partial charge in [-0.05, 0) is 22.0 Å². The van der Waals surface area contributed by atoms with Gasteiger partial charge in [-0.1, -0.05) is 13.8 Å². The van der Waals surface area contributed by atoms with Crippen LogP contribution in [-0.4, -0.2) is 37.6 Å². The zero-order chi connectivity index (χ0) is 11.6. The Kier molecular flexibility index (Phi) is 4.06. The van der Waals surface area contributed by atoms with Crippen LogP contribution in [-0.2, 0) is 5.41 Å². The minimum atomic E-state index is 0.258. The van der Waals surface area contributed by atoms with Gasteiger partial charge in [-0.3, -0.25) is 4.90 Å². The largest absolute Gasteiger partial charge is 0.314 e. The Morgan fingerprint density at radius 2 is 2.12 bits per heavy atom. The summed E-state index contributed by atoms with van der Waals surface area (Å²) < 4.78 is 1.21. The summed E-state index contributed by atoms with van der Waals surface area (Å²) in [6.07, 6.45) is 0. The molecule has 1 aliphatic rings. The van der Waals surface area contributed by atoms with Crippen LogP contribution in [0.15, 0.2) is 15.9 Å². The van der Waals surface area contributed by atoms with Crippen molar-refractivity contribution in [2.24, 2.45) is 0 Å². The minimum Gasteiger partial charge on any atom is -0.314 e. The van der Waals surface area contributed by atoms with E-state index in [0.717, 1.165) is 19.6 Å². The van der Waals surface area contributed by atoms with Gasteiger partial charge in [0, 0.05) is 52.9 Å². The molecule has 1 aromatic heterocycles. The number of halogens is 1. The lowest BCUT2D eigenvalue weighted by atomic mass is 9.90. The highest BCUT2D eigenvalue weighted by Gasteiger charge is 2.26. The first-order valence-electron chi connectivity index (χ1n) is 5.75. The maximum atomic E-state index is 3.54. The molecule has 0 spiro atoms. The molecule has 0 bridgehead atoms. The number of piperazine rings is 1. The molecular formula is C12H19BrN2S. The summed E-state index contributed by atoms with van der Waals surface area (Å²) in [5.74, 6) is 0. The summed E-state index contributed by atoms with van der Waals surface area (Å²) in [6, 6.07) is 2.26. The quantitative estimate of drug-likeness (QED) is 0.923. The molecule has 2 heterocycles. The van der Waals surface area contributed by atoms with Gasteiger partial charge in [0.1, 0.15) is 0 Å². The molecule has 1 fully saturated rings. The Labute approximate surface area is 110 Å². The van der Waals surface area contributed by atoms with Crippen molar-refractivity contribution in [1.29, 1.82) is 0 Å². The average Bonchev–Trinajstić information content (AvgIpc) is 2.66. The van der Waals surface area contributed by atoms with Crippen molar-refractivity contribution >= 4 is 27.3 Å². The molecule has 0 saturated carbocycles. The van der Waals surface area contributed by atoms with Crippen LogP contribution in [0.1, 0.15) is 18.7 Å². The van der Waals surface area contributed by atoms with Gasteiger partial charge in [0.2, 0.25) is 0 Å². The van der Waals surface area contributed by atoms with Crippen molar-refractivity contribution in [2.75, 3.05) is 32.7 Å². The van der Waals surface area contributed by atoms with Crippen LogP contribution in [0.5, 0.6) is 0 Å². The molecule has 16 heavy (non-hydrogen) atoms. The normalized spacial score (nSPS) is 18.9. The van der Waals surface area contributed by atoms with Gasteiger partial charge < -0.3 is 5.32 Å². The van der Waals surface area contributed by atoms with E-state index in [2.05, 4.69) is 51.4 Å². The van der Waals surface area contributed by atoms with Crippen molar-refractivity contribution in [1.82, 2.24) is 10.2 Å². The molecule has 2 nitrogen and oxygen atoms in total. The fraction of sp³-hybridized carbons (Fsp3) is 0.667. The first-order valence-corrected chi connectivity index (χ1v) is 7.43. The van der Waals surface area contributed by atoms with E-state index in [1.807, 2.05) is 11.3 Å². The maximum Gasteiger partial charge on any atom is 0.0285 e. The number of rotatable bonds is 3. The van der Waals surface area contributed by atoms with Crippen molar-refractivity contribution in [3.8, 4) is 0 Å². The second-order valence-electron chi connectivity index (χ2n) is 5.04. The van der Waals surface area contributed by atoms with Gasteiger partial charge in [-0.2, -0.15) is 0 Å². The average molecular weight is 303 g/mol. The predicted molar refractivity (Wildman–Crippen MR) is 74.4 cm³/mol. The van der Waals surface area contributed by atoms with E-state index in [4.69, 9.17) is 0 Å². The third kappa shape index (κ3) is 3.06. The molecule has 0 amide bonds. The summed E-state index contributed by atoms with van der Waals surface area (Å²) in [7, 11) is 0. The van der Waals surface area contributed by atoms with Gasteiger partial charge >= 0.3 is 0 Å². The molecule has 1 aromatic rings. The molecule has 0 aromatic carbocycles. The van der Waals surface area contributed by atoms with E-state index in [1.54, 1.807) is 0 Å². The monoisotopic (exact) mass is 302 g/mol. The first kappa shape index (κ1) is 12.6. The summed E-state index contributed by atoms with van der Waals surface area (Å²) in [4.78, 5) is 4.03. The lowest BCUT2D eigenvalue weighted by Crippen LogP contribution is -2.47. The van der Waals surface area contributed by atoms with E-state index in [-0.39, 0.29) is 5.41 Å². The summed E-state index contributed by atoms with van der Waals surface area (Å²) >= 11 is 5.39. The third-order valence-electron chi connectivity index (χ3n) is 3.06. The topological polar surface area (TPSA) is 15.3 Å². The van der Waals surface area contributed by atoms with Crippen LogP contribution in [0.2, 0.25) is 0 Å². The molecule has 1 N–H and O–H groups in total. The zero-order valence-corrected chi connectivity index (χ0v) is 12.3. The number of hydrogen-bond acceptors (Lipinski definition) is 3. The van der Waals surface area contributed by atoms with E-state index >= 15 is 0 Å². The van der Waals surface area contributed by atoms with Crippen molar-refractivity contribution in [3.63, 3.8) is 0 Å². The Hall–Kier alpha value is 0.1000. The fourth-order valence-electron chi connectivity index (χ4n) is 2.17. The highest BCUT2D eigenvalue weighted by molar-refractivity contribution is 9.10. The number of nitrogens with one attached hydrogen (secondary N) is 1. The molecular weight excluding hydrogens is 284 g/mol. The van der Waals surface area contributed by atoms with E-state index < -0.39 is 0 Å². The molecule has 0 unspecified atom stereocenters. The van der Waals surface area contributed by atoms with E-state index in [9.17, 15) is 0 Å². The first-order chi connectivity index (χ1) is 7.58. The summed E-state index contributed by atoms with van der Waals surface area (Å²) in [5, 5.41) is 5.57. The smallest absolute Gasteiger partial charge is 0.0285 e. The number of thiophene rings is 1. The van der Waals surface area contributed by atoms with E-state index in [1.165, 1.54) is 22.4 Å². The second kappa shape index (κ2) is 5.17. The molecule has 1 saturated heterocycles. The molecule has 4 heteroatoms. The van der Waals surface area contributed by atoms with Gasteiger partial charge in [-0.25, -0.2) is 0 Å². The van der Waals surface area contributed by atoms with Crippen molar-refractivity contribution in [2.45, 2.75) is 19.3 Å². The third-order valence-corrected chi connectivity index (χ3v) is 5.12. The Morgan fingerprint density at radius 3 is 2.69 bits per heavy atom. The van der Waals surface area contributed by atoms with Crippen LogP contribution < -0.4 is 5.32 Å². The van der Waals surface area contributed by atoms with Crippen LogP contribution in [0, 0.1) is 0 Å². The van der Waals surface area contributed by atoms with Gasteiger partial charge in [0.25, 0.3) is 0 Å². The molecule has 90 valence electrons. The molecule has 0 aliphatic carbocycles. The van der Waals surface area contributed by atoms with Crippen LogP contribution in [0.3, 0.4) is 0 Å². The van der Waals surface area contributed by atoms with Crippen LogP contribution in [0.4, 0.5) is 0 Å². The highest BCUT2D eigenvalue weighted by Crippen LogP contribution is 2.32. The number of nitrogens with zero attached hydrogens (tertiary/aromatic N) is 1. The molecule has 1 aliphatic heterocycles. The van der Waals surface area contributed by atoms with Crippen molar-refractivity contribution in [3.05, 3.63) is 20.8 Å².